The van der Waals surface area contributed by atoms with Crippen molar-refractivity contribution in [1.29, 1.82) is 0 Å². The maximum absolute atomic E-state index is 8.40. The van der Waals surface area contributed by atoms with Crippen LogP contribution in [-0.4, -0.2) is 9.29 Å². The summed E-state index contributed by atoms with van der Waals surface area (Å²) in [5, 5.41) is 0. The third kappa shape index (κ3) is 376. The molecule has 0 aromatic carbocycles. The van der Waals surface area contributed by atoms with E-state index in [0.717, 1.165) is 0 Å². The third-order valence-corrected chi connectivity index (χ3v) is 0. The van der Waals surface area contributed by atoms with Gasteiger partial charge in [-0.2, -0.15) is 0 Å². The Kier molecular flexibility index (Phi) is 80.3. The molecule has 5 heavy (non-hydrogen) atoms. The van der Waals surface area contributed by atoms with Crippen LogP contribution in [0, 0.1) is 6.92 Å². The monoisotopic (exact) mass is 89.0 g/mol. The smallest absolute Gasteiger partial charge is 0.274 e. The van der Waals surface area contributed by atoms with E-state index in [1.165, 1.54) is 0 Å². The maximum atomic E-state index is 8.40. The molecule has 3 heteroatoms. The van der Waals surface area contributed by atoms with E-state index in [1.807, 2.05) is 0 Å². The van der Waals surface area contributed by atoms with E-state index in [1.54, 1.807) is 6.92 Å². The highest BCUT2D eigenvalue weighted by Crippen LogP contribution is 1.11. The topological polar surface area (TPSA) is 34.1 Å². The lowest BCUT2D eigenvalue weighted by Crippen LogP contribution is -1.26. The van der Waals surface area contributed by atoms with E-state index < -0.39 is 9.29 Å². The van der Waals surface area contributed by atoms with Crippen LogP contribution in [0.3, 0.4) is 0 Å². The van der Waals surface area contributed by atoms with Gasteiger partial charge < -0.3 is 0 Å². The van der Waals surface area contributed by atoms with Crippen molar-refractivity contribution < 1.29 is 8.92 Å². The third-order valence-electron chi connectivity index (χ3n) is 0. The van der Waals surface area contributed by atoms with Crippen molar-refractivity contribution >= 4 is 9.29 Å². The van der Waals surface area contributed by atoms with Gasteiger partial charge in [0.25, 0.3) is 0 Å². The molecule has 1 radical (unpaired) electrons. The Hall–Kier alpha value is -0.183. The van der Waals surface area contributed by atoms with Crippen LogP contribution in [0.15, 0.2) is 0 Å². The molecule has 0 saturated carbocycles. The zero-order valence-electron chi connectivity index (χ0n) is 3.02. The average Bonchev–Trinajstić information content (AvgIpc) is 1.46. The Morgan fingerprint density at radius 1 is 1.40 bits per heavy atom. The molecular formula is C2H5O2Si. The van der Waals surface area contributed by atoms with Crippen LogP contribution >= 0.6 is 0 Å². The fourth-order valence-corrected chi connectivity index (χ4v) is 0. The van der Waals surface area contributed by atoms with E-state index in [2.05, 4.69) is 6.92 Å². The van der Waals surface area contributed by atoms with Gasteiger partial charge in [0.05, 0.1) is 0 Å². The zero-order chi connectivity index (χ0) is 4.71. The molecule has 0 spiro atoms. The van der Waals surface area contributed by atoms with Crippen LogP contribution in [0.25, 0.3) is 0 Å². The standard InChI is InChI=1S/C2H5.O2Si/c1-2;1-3-2/h1H2,2H3;. The fraction of sp³-hybridized carbons (Fsp3) is 0.500. The van der Waals surface area contributed by atoms with Crippen molar-refractivity contribution in [2.75, 3.05) is 0 Å². The van der Waals surface area contributed by atoms with Gasteiger partial charge in [0, 0.05) is 0 Å². The second-order valence-electron chi connectivity index (χ2n) is 0.0833. The van der Waals surface area contributed by atoms with Crippen LogP contribution in [-0.2, 0) is 8.92 Å². The van der Waals surface area contributed by atoms with E-state index in [4.69, 9.17) is 8.92 Å². The van der Waals surface area contributed by atoms with Crippen molar-refractivity contribution in [2.45, 2.75) is 6.92 Å². The van der Waals surface area contributed by atoms with Crippen molar-refractivity contribution in [2.24, 2.45) is 0 Å². The second kappa shape index (κ2) is 45.4. The van der Waals surface area contributed by atoms with Crippen molar-refractivity contribution in [3.8, 4) is 0 Å². The molecule has 0 aliphatic carbocycles. The van der Waals surface area contributed by atoms with Crippen LogP contribution in [0.5, 0.6) is 0 Å². The summed E-state index contributed by atoms with van der Waals surface area (Å²) in [6.07, 6.45) is 0. The lowest BCUT2D eigenvalue weighted by Gasteiger charge is -1.06. The summed E-state index contributed by atoms with van der Waals surface area (Å²) in [6, 6.07) is 0. The molecule has 2 nitrogen and oxygen atoms in total. The minimum atomic E-state index is -1.42. The van der Waals surface area contributed by atoms with Gasteiger partial charge in [-0.3, -0.25) is 8.92 Å². The summed E-state index contributed by atoms with van der Waals surface area (Å²) in [5.74, 6) is 0. The second-order valence-corrected chi connectivity index (χ2v) is 0.250. The molecule has 0 aromatic heterocycles. The van der Waals surface area contributed by atoms with Crippen LogP contribution in [0.2, 0.25) is 0 Å². The summed E-state index contributed by atoms with van der Waals surface area (Å²) in [4.78, 5) is 0. The minimum Gasteiger partial charge on any atom is -0.274 e. The van der Waals surface area contributed by atoms with Gasteiger partial charge in [0.15, 0.2) is 0 Å². The van der Waals surface area contributed by atoms with Gasteiger partial charge >= 0.3 is 9.29 Å². The summed E-state index contributed by atoms with van der Waals surface area (Å²) >= 11 is 0. The van der Waals surface area contributed by atoms with Crippen molar-refractivity contribution in [3.05, 3.63) is 6.92 Å². The van der Waals surface area contributed by atoms with Gasteiger partial charge in [0.1, 0.15) is 0 Å². The molecule has 29 valence electrons. The lowest BCUT2D eigenvalue weighted by molar-refractivity contribution is 0.497. The molecule has 0 rings (SSSR count). The molecule has 0 aromatic rings. The molecule has 0 aliphatic heterocycles. The Balaban J connectivity index is 0. The largest absolute Gasteiger partial charge is 0.549 e. The van der Waals surface area contributed by atoms with Crippen LogP contribution in [0.1, 0.15) is 6.92 Å². The summed E-state index contributed by atoms with van der Waals surface area (Å²) in [5.41, 5.74) is 0. The van der Waals surface area contributed by atoms with E-state index in [-0.39, 0.29) is 0 Å². The molecule has 0 unspecified atom stereocenters. The Morgan fingerprint density at radius 3 is 1.40 bits per heavy atom. The normalized spacial score (nSPS) is 2.80. The van der Waals surface area contributed by atoms with Crippen molar-refractivity contribution in [1.82, 2.24) is 0 Å². The summed E-state index contributed by atoms with van der Waals surface area (Å²) < 4.78 is 16.8. The van der Waals surface area contributed by atoms with Gasteiger partial charge in [-0.1, -0.05) is 13.8 Å². The Labute approximate surface area is 33.1 Å². The number of rotatable bonds is 0. The molecule has 0 saturated heterocycles. The quantitative estimate of drug-likeness (QED) is 0.398. The first kappa shape index (κ1) is 8.84. The summed E-state index contributed by atoms with van der Waals surface area (Å²) in [6.45, 7) is 5.00. The molecule has 0 fully saturated rings. The van der Waals surface area contributed by atoms with Gasteiger partial charge in [-0.15, -0.1) is 0 Å². The maximum Gasteiger partial charge on any atom is 0.549 e. The molecule has 0 atom stereocenters. The van der Waals surface area contributed by atoms with E-state index >= 15 is 0 Å². The first-order chi connectivity index (χ1) is 2.41. The van der Waals surface area contributed by atoms with Crippen molar-refractivity contribution in [3.63, 3.8) is 0 Å². The first-order valence-corrected chi connectivity index (χ1v) is 1.93. The van der Waals surface area contributed by atoms with Gasteiger partial charge in [-0.25, -0.2) is 0 Å². The van der Waals surface area contributed by atoms with Crippen LogP contribution < -0.4 is 0 Å². The molecule has 0 N–H and O–H groups in total. The highest BCUT2D eigenvalue weighted by Gasteiger charge is 1.22. The summed E-state index contributed by atoms with van der Waals surface area (Å²) in [7, 11) is -1.42. The van der Waals surface area contributed by atoms with Crippen LogP contribution in [0.4, 0.5) is 0 Å². The molecule has 0 amide bonds. The predicted molar refractivity (Wildman–Crippen MR) is 18.2 cm³/mol. The Morgan fingerprint density at radius 2 is 1.40 bits per heavy atom. The predicted octanol–water partition coefficient (Wildman–Crippen LogP) is 0.222. The molecule has 0 bridgehead atoms. The molecular weight excluding hydrogens is 84.1 g/mol. The van der Waals surface area contributed by atoms with E-state index in [9.17, 15) is 0 Å². The number of hydrogen-bond donors (Lipinski definition) is 0. The zero-order valence-corrected chi connectivity index (χ0v) is 4.02. The van der Waals surface area contributed by atoms with Gasteiger partial charge in [-0.05, 0) is 0 Å². The Bertz CT molecular complexity index is 28.6. The average molecular weight is 89.1 g/mol. The lowest BCUT2D eigenvalue weighted by atomic mass is 11.0. The molecule has 0 aliphatic rings. The SMILES string of the molecule is O=[Si]=O.[CH2]C. The molecule has 0 heterocycles. The minimum absolute atomic E-state index is 1.42. The highest BCUT2D eigenvalue weighted by atomic mass is 28.2. The van der Waals surface area contributed by atoms with E-state index in [0.29, 0.717) is 0 Å². The number of hydrogen-bond acceptors (Lipinski definition) is 2. The highest BCUT2D eigenvalue weighted by molar-refractivity contribution is 5.94. The fourth-order valence-electron chi connectivity index (χ4n) is 0. The first-order valence-electron chi connectivity index (χ1n) is 1.12. The van der Waals surface area contributed by atoms with Gasteiger partial charge in [0.2, 0.25) is 0 Å².